The summed E-state index contributed by atoms with van der Waals surface area (Å²) in [5.41, 5.74) is -1.40. The molecule has 0 aliphatic heterocycles. The molecule has 1 aromatic heterocycles. The first-order chi connectivity index (χ1) is 12.2. The van der Waals surface area contributed by atoms with E-state index in [1.165, 1.54) is 6.92 Å². The maximum atomic E-state index is 11.8. The van der Waals surface area contributed by atoms with E-state index in [0.29, 0.717) is 0 Å². The van der Waals surface area contributed by atoms with Crippen LogP contribution in [0.4, 0.5) is 16.2 Å². The highest BCUT2D eigenvalue weighted by atomic mass is 16.6. The number of hydrogen-bond acceptors (Lipinski definition) is 7. The van der Waals surface area contributed by atoms with Crippen molar-refractivity contribution in [1.82, 2.24) is 4.98 Å². The van der Waals surface area contributed by atoms with Crippen molar-refractivity contribution in [3.8, 4) is 17.7 Å². The third kappa shape index (κ3) is 3.65. The Morgan fingerprint density at radius 3 is 2.73 bits per heavy atom. The first kappa shape index (κ1) is 18.1. The minimum Gasteiger partial charge on any atom is -0.506 e. The van der Waals surface area contributed by atoms with Gasteiger partial charge < -0.3 is 15.5 Å². The van der Waals surface area contributed by atoms with Crippen LogP contribution in [0.5, 0.6) is 11.6 Å². The van der Waals surface area contributed by atoms with Crippen molar-refractivity contribution in [2.75, 3.05) is 5.32 Å². The number of amides is 2. The Balaban J connectivity index is 2.25. The number of nitrogens with one attached hydrogen (secondary N) is 2. The molecule has 132 valence electrons. The predicted molar refractivity (Wildman–Crippen MR) is 89.6 cm³/mol. The number of rotatable bonds is 3. The Morgan fingerprint density at radius 1 is 1.46 bits per heavy atom. The molecule has 0 spiro atoms. The normalized spacial score (nSPS) is 10.5. The molecule has 0 aliphatic rings. The minimum absolute atomic E-state index is 0.0378. The summed E-state index contributed by atoms with van der Waals surface area (Å²) >= 11 is 0. The summed E-state index contributed by atoms with van der Waals surface area (Å²) in [6.07, 6.45) is 0.930. The highest BCUT2D eigenvalue weighted by Gasteiger charge is 2.14. The molecule has 11 nitrogen and oxygen atoms in total. The van der Waals surface area contributed by atoms with Gasteiger partial charge in [-0.1, -0.05) is 0 Å². The standard InChI is InChI=1S/C15H11N5O6/c1-7-9(5-16)13(22)19-14(23)10(7)6-17-15(24)18-11-3-2-8(20(25)26)4-12(11)21/h2-4,6,21H,1H3,(H,18,24)(H2,19,22,23). The van der Waals surface area contributed by atoms with E-state index in [0.717, 1.165) is 24.4 Å². The molecule has 4 N–H and O–H groups in total. The average molecular weight is 357 g/mol. The number of pyridine rings is 1. The van der Waals surface area contributed by atoms with E-state index in [-0.39, 0.29) is 28.1 Å². The monoisotopic (exact) mass is 357 g/mol. The summed E-state index contributed by atoms with van der Waals surface area (Å²) in [7, 11) is 0. The lowest BCUT2D eigenvalue weighted by Gasteiger charge is -2.05. The molecule has 0 atom stereocenters. The van der Waals surface area contributed by atoms with Crippen LogP contribution in [0.3, 0.4) is 0 Å². The van der Waals surface area contributed by atoms with Gasteiger partial charge in [0.25, 0.3) is 11.2 Å². The molecule has 0 unspecified atom stereocenters. The van der Waals surface area contributed by atoms with Gasteiger partial charge in [0, 0.05) is 12.3 Å². The molecule has 11 heteroatoms. The number of carbonyl (C=O) groups is 1. The summed E-state index contributed by atoms with van der Waals surface area (Å²) in [5, 5.41) is 41.1. The van der Waals surface area contributed by atoms with Crippen molar-refractivity contribution in [3.63, 3.8) is 0 Å². The van der Waals surface area contributed by atoms with Crippen LogP contribution in [0.2, 0.25) is 0 Å². The van der Waals surface area contributed by atoms with Crippen molar-refractivity contribution in [1.29, 1.82) is 5.26 Å². The number of H-pyrrole nitrogens is 1. The fourth-order valence-corrected chi connectivity index (χ4v) is 2.02. The fraction of sp³-hybridized carbons (Fsp3) is 0.0667. The van der Waals surface area contributed by atoms with Crippen LogP contribution >= 0.6 is 0 Å². The van der Waals surface area contributed by atoms with Crippen molar-refractivity contribution < 1.29 is 19.9 Å². The van der Waals surface area contributed by atoms with Gasteiger partial charge in [0.1, 0.15) is 17.4 Å². The summed E-state index contributed by atoms with van der Waals surface area (Å²) in [6.45, 7) is 1.40. The molecule has 0 saturated heterocycles. The number of carbonyl (C=O) groups excluding carboxylic acids is 1. The fourth-order valence-electron chi connectivity index (χ4n) is 2.02. The molecular formula is C15H11N5O6. The van der Waals surface area contributed by atoms with Gasteiger partial charge in [0.15, 0.2) is 0 Å². The van der Waals surface area contributed by atoms with Crippen LogP contribution < -0.4 is 10.9 Å². The second-order valence-corrected chi connectivity index (χ2v) is 4.98. The zero-order valence-electron chi connectivity index (χ0n) is 13.2. The van der Waals surface area contributed by atoms with Crippen molar-refractivity contribution in [2.45, 2.75) is 6.92 Å². The number of nitrogens with zero attached hydrogens (tertiary/aromatic N) is 3. The predicted octanol–water partition coefficient (Wildman–Crippen LogP) is 1.53. The van der Waals surface area contributed by atoms with Crippen molar-refractivity contribution >= 4 is 23.6 Å². The number of benzene rings is 1. The number of nitriles is 1. The van der Waals surface area contributed by atoms with E-state index < -0.39 is 28.1 Å². The van der Waals surface area contributed by atoms with Crippen LogP contribution in [-0.2, 0) is 0 Å². The number of aromatic hydroxyl groups is 2. The SMILES string of the molecule is Cc1c(C=NC(=O)Nc2ccc([N+](=O)[O-])cc2O)c(O)[nH]c(=O)c1C#N. The third-order valence-corrected chi connectivity index (χ3v) is 3.35. The molecule has 2 rings (SSSR count). The lowest BCUT2D eigenvalue weighted by molar-refractivity contribution is -0.384. The van der Waals surface area contributed by atoms with Crippen LogP contribution in [0.25, 0.3) is 0 Å². The molecular weight excluding hydrogens is 346 g/mol. The summed E-state index contributed by atoms with van der Waals surface area (Å²) in [5.74, 6) is -1.10. The number of hydrogen-bond donors (Lipinski definition) is 4. The van der Waals surface area contributed by atoms with Gasteiger partial charge in [-0.3, -0.25) is 19.9 Å². The van der Waals surface area contributed by atoms with E-state index >= 15 is 0 Å². The molecule has 0 radical (unpaired) electrons. The lowest BCUT2D eigenvalue weighted by Crippen LogP contribution is -2.14. The number of non-ortho nitro benzene ring substituents is 1. The highest BCUT2D eigenvalue weighted by Crippen LogP contribution is 2.27. The van der Waals surface area contributed by atoms with Gasteiger partial charge in [-0.15, -0.1) is 0 Å². The Morgan fingerprint density at radius 2 is 2.15 bits per heavy atom. The number of phenols is 1. The summed E-state index contributed by atoms with van der Waals surface area (Å²) in [4.78, 5) is 38.8. The van der Waals surface area contributed by atoms with Crippen LogP contribution in [0.15, 0.2) is 28.0 Å². The molecule has 2 aromatic rings. The smallest absolute Gasteiger partial charge is 0.345 e. The maximum Gasteiger partial charge on any atom is 0.345 e. The minimum atomic E-state index is -0.960. The van der Waals surface area contributed by atoms with Gasteiger partial charge in [0.05, 0.1) is 22.2 Å². The number of aromatic nitrogens is 1. The number of anilines is 1. The quantitative estimate of drug-likeness (QED) is 0.278. The Hall–Kier alpha value is -4.20. The largest absolute Gasteiger partial charge is 0.506 e. The Labute approximate surface area is 145 Å². The molecule has 0 bridgehead atoms. The van der Waals surface area contributed by atoms with Crippen LogP contribution in [0.1, 0.15) is 16.7 Å². The van der Waals surface area contributed by atoms with Crippen LogP contribution in [-0.4, -0.2) is 32.4 Å². The number of nitro groups is 1. The maximum absolute atomic E-state index is 11.8. The van der Waals surface area contributed by atoms with Gasteiger partial charge >= 0.3 is 6.03 Å². The van der Waals surface area contributed by atoms with Crippen molar-refractivity contribution in [2.24, 2.45) is 4.99 Å². The van der Waals surface area contributed by atoms with Gasteiger partial charge in [-0.05, 0) is 18.6 Å². The second kappa shape index (κ2) is 7.14. The van der Waals surface area contributed by atoms with Crippen LogP contribution in [0, 0.1) is 28.4 Å². The molecule has 1 aromatic carbocycles. The molecule has 0 saturated carbocycles. The average Bonchev–Trinajstić information content (AvgIpc) is 2.56. The lowest BCUT2D eigenvalue weighted by atomic mass is 10.1. The Bertz CT molecular complexity index is 1030. The number of urea groups is 1. The first-order valence-electron chi connectivity index (χ1n) is 6.93. The molecule has 26 heavy (non-hydrogen) atoms. The third-order valence-electron chi connectivity index (χ3n) is 3.35. The van der Waals surface area contributed by atoms with E-state index in [2.05, 4.69) is 10.3 Å². The van der Waals surface area contributed by atoms with E-state index in [4.69, 9.17) is 5.26 Å². The summed E-state index contributed by atoms with van der Waals surface area (Å²) < 4.78 is 0. The van der Waals surface area contributed by atoms with E-state index in [1.807, 2.05) is 4.98 Å². The number of aromatic amines is 1. The van der Waals surface area contributed by atoms with Gasteiger partial charge in [-0.2, -0.15) is 5.26 Å². The molecule has 0 fully saturated rings. The van der Waals surface area contributed by atoms with E-state index in [1.54, 1.807) is 6.07 Å². The molecule has 2 amide bonds. The van der Waals surface area contributed by atoms with E-state index in [9.17, 15) is 29.9 Å². The molecule has 0 aliphatic carbocycles. The zero-order chi connectivity index (χ0) is 19.4. The molecule has 1 heterocycles. The number of nitro benzene ring substituents is 1. The topological polar surface area (TPSA) is 182 Å². The number of phenolic OH excluding ortho intramolecular Hbond substituents is 1. The van der Waals surface area contributed by atoms with Gasteiger partial charge in [0.2, 0.25) is 5.88 Å². The van der Waals surface area contributed by atoms with Crippen molar-refractivity contribution in [3.05, 3.63) is 55.4 Å². The number of aliphatic imine (C=N–C) groups is 1. The van der Waals surface area contributed by atoms with Gasteiger partial charge in [-0.25, -0.2) is 9.79 Å². The summed E-state index contributed by atoms with van der Waals surface area (Å²) in [6, 6.07) is 3.77. The second-order valence-electron chi connectivity index (χ2n) is 4.98. The first-order valence-corrected chi connectivity index (χ1v) is 6.93. The Kier molecular flexibility index (Phi) is 4.98. The zero-order valence-corrected chi connectivity index (χ0v) is 13.2. The highest BCUT2D eigenvalue weighted by molar-refractivity contribution is 6.00.